The van der Waals surface area contributed by atoms with E-state index >= 15 is 0 Å². The van der Waals surface area contributed by atoms with Gasteiger partial charge in [0.1, 0.15) is 5.82 Å². The fraction of sp³-hybridized carbons (Fsp3) is 0.182. The van der Waals surface area contributed by atoms with E-state index in [2.05, 4.69) is 5.10 Å². The van der Waals surface area contributed by atoms with Gasteiger partial charge < -0.3 is 0 Å². The van der Waals surface area contributed by atoms with Gasteiger partial charge in [-0.05, 0) is 12.1 Å². The number of benzene rings is 1. The molecule has 0 spiro atoms. The van der Waals surface area contributed by atoms with Crippen molar-refractivity contribution in [1.82, 2.24) is 9.78 Å². The van der Waals surface area contributed by atoms with Gasteiger partial charge >= 0.3 is 6.18 Å². The van der Waals surface area contributed by atoms with Crippen LogP contribution in [0.2, 0.25) is 0 Å². The van der Waals surface area contributed by atoms with Gasteiger partial charge in [0.05, 0.1) is 6.54 Å². The standard InChI is InChI=1S/C11H8F4N2/c12-9-4-2-1-3-8(9)7-17-6-5-10(16-17)11(13,14)15/h1-6H,7H2. The second-order valence-corrected chi connectivity index (χ2v) is 3.49. The molecule has 0 radical (unpaired) electrons. The Balaban J connectivity index is 2.21. The van der Waals surface area contributed by atoms with E-state index in [0.717, 1.165) is 10.7 Å². The molecule has 6 heteroatoms. The van der Waals surface area contributed by atoms with Crippen molar-refractivity contribution in [3.8, 4) is 0 Å². The summed E-state index contributed by atoms with van der Waals surface area (Å²) < 4.78 is 51.1. The van der Waals surface area contributed by atoms with Gasteiger partial charge in [0.25, 0.3) is 0 Å². The molecule has 0 aliphatic rings. The van der Waals surface area contributed by atoms with Gasteiger partial charge in [-0.3, -0.25) is 4.68 Å². The first-order valence-corrected chi connectivity index (χ1v) is 4.81. The summed E-state index contributed by atoms with van der Waals surface area (Å²) in [6.07, 6.45) is -3.30. The first-order chi connectivity index (χ1) is 7.97. The van der Waals surface area contributed by atoms with Crippen LogP contribution in [0.15, 0.2) is 36.5 Å². The Morgan fingerprint density at radius 1 is 1.12 bits per heavy atom. The molecule has 1 heterocycles. The summed E-state index contributed by atoms with van der Waals surface area (Å²) in [6.45, 7) is -0.0250. The Bertz CT molecular complexity index is 516. The molecule has 0 fully saturated rings. The second kappa shape index (κ2) is 4.20. The topological polar surface area (TPSA) is 17.8 Å². The Morgan fingerprint density at radius 2 is 1.82 bits per heavy atom. The van der Waals surface area contributed by atoms with Crippen molar-refractivity contribution in [3.05, 3.63) is 53.6 Å². The molecular formula is C11H8F4N2. The second-order valence-electron chi connectivity index (χ2n) is 3.49. The number of rotatable bonds is 2. The first kappa shape index (κ1) is 11.6. The monoisotopic (exact) mass is 244 g/mol. The van der Waals surface area contributed by atoms with Crippen molar-refractivity contribution < 1.29 is 17.6 Å². The normalized spacial score (nSPS) is 11.8. The Hall–Kier alpha value is -1.85. The summed E-state index contributed by atoms with van der Waals surface area (Å²) >= 11 is 0. The zero-order chi connectivity index (χ0) is 12.5. The molecule has 2 rings (SSSR count). The minimum absolute atomic E-state index is 0.0250. The maximum Gasteiger partial charge on any atom is 0.435 e. The number of aromatic nitrogens is 2. The molecule has 0 unspecified atom stereocenters. The Labute approximate surface area is 94.5 Å². The quantitative estimate of drug-likeness (QED) is 0.742. The third-order valence-corrected chi connectivity index (χ3v) is 2.22. The maximum atomic E-state index is 13.3. The minimum atomic E-state index is -4.47. The van der Waals surface area contributed by atoms with Gasteiger partial charge in [-0.1, -0.05) is 18.2 Å². The van der Waals surface area contributed by atoms with E-state index in [1.165, 1.54) is 24.4 Å². The fourth-order valence-electron chi connectivity index (χ4n) is 1.40. The molecule has 2 nitrogen and oxygen atoms in total. The maximum absolute atomic E-state index is 13.3. The lowest BCUT2D eigenvalue weighted by molar-refractivity contribution is -0.141. The van der Waals surface area contributed by atoms with Gasteiger partial charge in [-0.25, -0.2) is 4.39 Å². The van der Waals surface area contributed by atoms with Crippen molar-refractivity contribution in [1.29, 1.82) is 0 Å². The van der Waals surface area contributed by atoms with E-state index < -0.39 is 17.7 Å². The smallest absolute Gasteiger partial charge is 0.268 e. The largest absolute Gasteiger partial charge is 0.435 e. The summed E-state index contributed by atoms with van der Waals surface area (Å²) in [5.41, 5.74) is -0.682. The van der Waals surface area contributed by atoms with Crippen molar-refractivity contribution >= 4 is 0 Å². The lowest BCUT2D eigenvalue weighted by Gasteiger charge is -2.04. The van der Waals surface area contributed by atoms with Crippen molar-refractivity contribution in [2.75, 3.05) is 0 Å². The number of halogens is 4. The molecule has 0 saturated carbocycles. The predicted octanol–water partition coefficient (Wildman–Crippen LogP) is 3.09. The lowest BCUT2D eigenvalue weighted by Crippen LogP contribution is -2.09. The van der Waals surface area contributed by atoms with E-state index in [1.807, 2.05) is 0 Å². The summed E-state index contributed by atoms with van der Waals surface area (Å²) in [4.78, 5) is 0. The molecule has 2 aromatic rings. The van der Waals surface area contributed by atoms with Crippen LogP contribution in [0.4, 0.5) is 17.6 Å². The highest BCUT2D eigenvalue weighted by molar-refractivity contribution is 5.17. The highest BCUT2D eigenvalue weighted by Gasteiger charge is 2.33. The number of alkyl halides is 3. The van der Waals surface area contributed by atoms with Crippen LogP contribution < -0.4 is 0 Å². The minimum Gasteiger partial charge on any atom is -0.268 e. The molecule has 0 aliphatic heterocycles. The number of nitrogens with zero attached hydrogens (tertiary/aromatic N) is 2. The van der Waals surface area contributed by atoms with Crippen LogP contribution in [-0.4, -0.2) is 9.78 Å². The molecule has 90 valence electrons. The molecule has 0 bridgehead atoms. The van der Waals surface area contributed by atoms with Gasteiger partial charge in [-0.2, -0.15) is 18.3 Å². The van der Waals surface area contributed by atoms with Crippen LogP contribution in [0.25, 0.3) is 0 Å². The summed E-state index contributed by atoms with van der Waals surface area (Å²) in [5.74, 6) is -0.462. The van der Waals surface area contributed by atoms with E-state index in [4.69, 9.17) is 0 Å². The zero-order valence-electron chi connectivity index (χ0n) is 8.58. The fourth-order valence-corrected chi connectivity index (χ4v) is 1.40. The molecule has 0 aliphatic carbocycles. The van der Waals surface area contributed by atoms with Crippen LogP contribution >= 0.6 is 0 Å². The predicted molar refractivity (Wildman–Crippen MR) is 52.7 cm³/mol. The molecule has 1 aromatic carbocycles. The van der Waals surface area contributed by atoms with Crippen molar-refractivity contribution in [2.24, 2.45) is 0 Å². The Morgan fingerprint density at radius 3 is 2.41 bits per heavy atom. The van der Waals surface area contributed by atoms with Crippen LogP contribution in [0.1, 0.15) is 11.3 Å². The highest BCUT2D eigenvalue weighted by Crippen LogP contribution is 2.27. The molecular weight excluding hydrogens is 236 g/mol. The molecule has 1 aromatic heterocycles. The third kappa shape index (κ3) is 2.64. The van der Waals surface area contributed by atoms with Gasteiger partial charge in [0, 0.05) is 11.8 Å². The van der Waals surface area contributed by atoms with Crippen LogP contribution in [-0.2, 0) is 12.7 Å². The van der Waals surface area contributed by atoms with Crippen LogP contribution in [0, 0.1) is 5.82 Å². The van der Waals surface area contributed by atoms with Gasteiger partial charge in [0.2, 0.25) is 0 Å². The molecule has 0 atom stereocenters. The van der Waals surface area contributed by atoms with Crippen molar-refractivity contribution in [2.45, 2.75) is 12.7 Å². The molecule has 0 N–H and O–H groups in total. The number of hydrogen-bond acceptors (Lipinski definition) is 1. The van der Waals surface area contributed by atoms with E-state index in [1.54, 1.807) is 6.07 Å². The van der Waals surface area contributed by atoms with E-state index in [9.17, 15) is 17.6 Å². The van der Waals surface area contributed by atoms with Gasteiger partial charge in [0.15, 0.2) is 5.69 Å². The average Bonchev–Trinajstić information content (AvgIpc) is 2.69. The van der Waals surface area contributed by atoms with Crippen LogP contribution in [0.5, 0.6) is 0 Å². The average molecular weight is 244 g/mol. The van der Waals surface area contributed by atoms with Crippen LogP contribution in [0.3, 0.4) is 0 Å². The van der Waals surface area contributed by atoms with E-state index in [0.29, 0.717) is 5.56 Å². The lowest BCUT2D eigenvalue weighted by atomic mass is 10.2. The summed E-state index contributed by atoms with van der Waals surface area (Å²) in [6, 6.07) is 6.75. The zero-order valence-corrected chi connectivity index (χ0v) is 8.58. The first-order valence-electron chi connectivity index (χ1n) is 4.81. The Kier molecular flexibility index (Phi) is 2.87. The van der Waals surface area contributed by atoms with Gasteiger partial charge in [-0.15, -0.1) is 0 Å². The molecule has 0 saturated heterocycles. The number of hydrogen-bond donors (Lipinski definition) is 0. The summed E-state index contributed by atoms with van der Waals surface area (Å²) in [7, 11) is 0. The summed E-state index contributed by atoms with van der Waals surface area (Å²) in [5, 5.41) is 3.34. The molecule has 0 amide bonds. The molecule has 17 heavy (non-hydrogen) atoms. The SMILES string of the molecule is Fc1ccccc1Cn1ccc(C(F)(F)F)n1. The highest BCUT2D eigenvalue weighted by atomic mass is 19.4. The van der Waals surface area contributed by atoms with Crippen molar-refractivity contribution in [3.63, 3.8) is 0 Å². The van der Waals surface area contributed by atoms with E-state index in [-0.39, 0.29) is 6.54 Å². The third-order valence-electron chi connectivity index (χ3n) is 2.22.